The molecule has 11 heteroatoms. The Hall–Kier alpha value is -1.53. The maximum atomic E-state index is 12.6. The summed E-state index contributed by atoms with van der Waals surface area (Å²) in [6.07, 6.45) is -0.327. The number of hydrogen-bond donors (Lipinski definition) is 3. The van der Waals surface area contributed by atoms with Gasteiger partial charge in [0.05, 0.1) is 19.8 Å². The number of nitrogens with zero attached hydrogens (tertiary/aromatic N) is 1. The van der Waals surface area contributed by atoms with Crippen molar-refractivity contribution in [3.63, 3.8) is 0 Å². The van der Waals surface area contributed by atoms with Crippen LogP contribution in [0.3, 0.4) is 0 Å². The smallest absolute Gasteiger partial charge is 0.309 e. The number of ether oxygens (including phenoxy) is 1. The minimum absolute atomic E-state index is 0.0366. The summed E-state index contributed by atoms with van der Waals surface area (Å²) >= 11 is 1.10. The summed E-state index contributed by atoms with van der Waals surface area (Å²) < 4.78 is 32.1. The molecule has 1 fully saturated rings. The molecule has 0 aliphatic carbocycles. The predicted molar refractivity (Wildman–Crippen MR) is 85.7 cm³/mol. The first-order valence-corrected chi connectivity index (χ1v) is 9.62. The minimum Gasteiger partial charge on any atom is -0.395 e. The zero-order chi connectivity index (χ0) is 17.6. The molecular formula is C13H19N3O6S2. The van der Waals surface area contributed by atoms with Gasteiger partial charge in [-0.1, -0.05) is 6.07 Å². The average Bonchev–Trinajstić information content (AvgIpc) is 3.13. The van der Waals surface area contributed by atoms with E-state index in [4.69, 9.17) is 9.84 Å². The molecule has 0 saturated carbocycles. The number of rotatable bonds is 6. The Labute approximate surface area is 143 Å². The van der Waals surface area contributed by atoms with Crippen molar-refractivity contribution in [2.45, 2.75) is 16.9 Å². The summed E-state index contributed by atoms with van der Waals surface area (Å²) in [5.41, 5.74) is 0. The number of hydrogen-bond acceptors (Lipinski definition) is 7. The lowest BCUT2D eigenvalue weighted by Crippen LogP contribution is -2.53. The number of aliphatic hydroxyl groups is 1. The normalized spacial score (nSPS) is 19.0. The van der Waals surface area contributed by atoms with Gasteiger partial charge < -0.3 is 20.5 Å². The Bertz CT molecular complexity index is 661. The second kappa shape index (κ2) is 8.53. The lowest BCUT2D eigenvalue weighted by atomic mass is 10.3. The molecule has 2 amide bonds. The van der Waals surface area contributed by atoms with Crippen molar-refractivity contribution in [1.82, 2.24) is 14.9 Å². The van der Waals surface area contributed by atoms with Crippen LogP contribution in [0, 0.1) is 0 Å². The third-order valence-corrected chi connectivity index (χ3v) is 6.52. The molecule has 0 unspecified atom stereocenters. The van der Waals surface area contributed by atoms with E-state index in [9.17, 15) is 18.0 Å². The first-order chi connectivity index (χ1) is 11.5. The molecule has 1 saturated heterocycles. The number of carbonyl (C=O) groups is 2. The molecule has 1 aliphatic heterocycles. The quantitative estimate of drug-likeness (QED) is 0.530. The van der Waals surface area contributed by atoms with E-state index in [1.807, 2.05) is 0 Å². The Morgan fingerprint density at radius 3 is 2.79 bits per heavy atom. The Kier molecular flexibility index (Phi) is 6.69. The highest BCUT2D eigenvalue weighted by atomic mass is 32.2. The van der Waals surface area contributed by atoms with Gasteiger partial charge in [0, 0.05) is 13.1 Å². The number of nitrogens with one attached hydrogen (secondary N) is 2. The van der Waals surface area contributed by atoms with Crippen LogP contribution in [0.2, 0.25) is 0 Å². The largest absolute Gasteiger partial charge is 0.395 e. The van der Waals surface area contributed by atoms with Crippen LogP contribution in [-0.4, -0.2) is 68.7 Å². The highest BCUT2D eigenvalue weighted by Crippen LogP contribution is 2.25. The van der Waals surface area contributed by atoms with Crippen molar-refractivity contribution in [1.29, 1.82) is 0 Å². The first kappa shape index (κ1) is 18.8. The maximum absolute atomic E-state index is 12.6. The second-order valence-corrected chi connectivity index (χ2v) is 7.98. The Balaban J connectivity index is 2.00. The fourth-order valence-electron chi connectivity index (χ4n) is 2.14. The summed E-state index contributed by atoms with van der Waals surface area (Å²) in [7, 11) is -3.71. The predicted octanol–water partition coefficient (Wildman–Crippen LogP) is -1.29. The van der Waals surface area contributed by atoms with Gasteiger partial charge in [0.1, 0.15) is 10.4 Å². The molecule has 134 valence electrons. The SMILES string of the molecule is O=C(NCCO)C(=O)NC[C@@H]1OCCCN1S(=O)(=O)c1cccs1. The monoisotopic (exact) mass is 377 g/mol. The van der Waals surface area contributed by atoms with E-state index in [1.165, 1.54) is 10.4 Å². The molecule has 1 aliphatic rings. The van der Waals surface area contributed by atoms with E-state index in [0.29, 0.717) is 13.0 Å². The van der Waals surface area contributed by atoms with Gasteiger partial charge in [-0.2, -0.15) is 4.31 Å². The van der Waals surface area contributed by atoms with Crippen LogP contribution in [0.15, 0.2) is 21.7 Å². The third-order valence-electron chi connectivity index (χ3n) is 3.25. The number of carbonyl (C=O) groups excluding carboxylic acids is 2. The summed E-state index contributed by atoms with van der Waals surface area (Å²) in [5, 5.41) is 14.8. The number of amides is 2. The molecule has 24 heavy (non-hydrogen) atoms. The van der Waals surface area contributed by atoms with Gasteiger partial charge in [-0.25, -0.2) is 8.42 Å². The second-order valence-electron chi connectivity index (χ2n) is 4.92. The van der Waals surface area contributed by atoms with E-state index in [0.717, 1.165) is 11.3 Å². The van der Waals surface area contributed by atoms with Crippen LogP contribution in [0.1, 0.15) is 6.42 Å². The molecule has 0 spiro atoms. The highest BCUT2D eigenvalue weighted by Gasteiger charge is 2.35. The van der Waals surface area contributed by atoms with Crippen molar-refractivity contribution in [2.75, 3.05) is 32.8 Å². The van der Waals surface area contributed by atoms with E-state index in [2.05, 4.69) is 10.6 Å². The fourth-order valence-corrected chi connectivity index (χ4v) is 4.82. The molecule has 0 radical (unpaired) electrons. The minimum atomic E-state index is -3.71. The zero-order valence-corrected chi connectivity index (χ0v) is 14.4. The van der Waals surface area contributed by atoms with Crippen molar-refractivity contribution in [3.8, 4) is 0 Å². The number of sulfonamides is 1. The summed E-state index contributed by atoms with van der Waals surface area (Å²) in [6.45, 7) is 0.184. The fraction of sp³-hybridized carbons (Fsp3) is 0.538. The highest BCUT2D eigenvalue weighted by molar-refractivity contribution is 7.91. The van der Waals surface area contributed by atoms with Crippen molar-refractivity contribution in [3.05, 3.63) is 17.5 Å². The molecule has 9 nitrogen and oxygen atoms in total. The molecule has 2 rings (SSSR count). The molecule has 1 aromatic rings. The van der Waals surface area contributed by atoms with Crippen LogP contribution >= 0.6 is 11.3 Å². The average molecular weight is 377 g/mol. The molecule has 1 aromatic heterocycles. The van der Waals surface area contributed by atoms with E-state index in [-0.39, 0.29) is 30.5 Å². The topological polar surface area (TPSA) is 125 Å². The Morgan fingerprint density at radius 1 is 1.38 bits per heavy atom. The van der Waals surface area contributed by atoms with E-state index < -0.39 is 28.1 Å². The van der Waals surface area contributed by atoms with Gasteiger partial charge in [0.15, 0.2) is 0 Å². The number of aliphatic hydroxyl groups excluding tert-OH is 1. The lowest BCUT2D eigenvalue weighted by Gasteiger charge is -2.34. The Morgan fingerprint density at radius 2 is 2.12 bits per heavy atom. The van der Waals surface area contributed by atoms with E-state index in [1.54, 1.807) is 11.4 Å². The standard InChI is InChI=1S/C13H19N3O6S2/c17-6-4-14-12(18)13(19)15-9-10-16(5-2-7-22-10)24(20,21)11-3-1-8-23-11/h1,3,8,10,17H,2,4-7,9H2,(H,14,18)(H,15,19)/t10-/m0/s1. The van der Waals surface area contributed by atoms with Gasteiger partial charge >= 0.3 is 11.8 Å². The van der Waals surface area contributed by atoms with Gasteiger partial charge in [-0.15, -0.1) is 11.3 Å². The maximum Gasteiger partial charge on any atom is 0.309 e. The first-order valence-electron chi connectivity index (χ1n) is 7.30. The van der Waals surface area contributed by atoms with Crippen LogP contribution in [0.4, 0.5) is 0 Å². The molecule has 0 bridgehead atoms. The third kappa shape index (κ3) is 4.51. The molecular weight excluding hydrogens is 358 g/mol. The molecule has 2 heterocycles. The molecule has 0 aromatic carbocycles. The van der Waals surface area contributed by atoms with E-state index >= 15 is 0 Å². The van der Waals surface area contributed by atoms with Gasteiger partial charge in [0.2, 0.25) is 0 Å². The summed E-state index contributed by atoms with van der Waals surface area (Å²) in [5.74, 6) is -1.81. The number of thiophene rings is 1. The summed E-state index contributed by atoms with van der Waals surface area (Å²) in [6, 6.07) is 3.15. The van der Waals surface area contributed by atoms with Crippen molar-refractivity contribution < 1.29 is 27.9 Å². The van der Waals surface area contributed by atoms with Gasteiger partial charge in [-0.3, -0.25) is 9.59 Å². The van der Waals surface area contributed by atoms with Crippen LogP contribution in [0.25, 0.3) is 0 Å². The molecule has 1 atom stereocenters. The van der Waals surface area contributed by atoms with Crippen molar-refractivity contribution >= 4 is 33.2 Å². The van der Waals surface area contributed by atoms with Crippen LogP contribution in [-0.2, 0) is 24.3 Å². The lowest BCUT2D eigenvalue weighted by molar-refractivity contribution is -0.140. The van der Waals surface area contributed by atoms with Crippen LogP contribution in [0.5, 0.6) is 0 Å². The zero-order valence-electron chi connectivity index (χ0n) is 12.8. The van der Waals surface area contributed by atoms with Gasteiger partial charge in [0.25, 0.3) is 10.0 Å². The molecule has 3 N–H and O–H groups in total. The van der Waals surface area contributed by atoms with Gasteiger partial charge in [-0.05, 0) is 17.9 Å². The van der Waals surface area contributed by atoms with Crippen molar-refractivity contribution in [2.24, 2.45) is 0 Å². The summed E-state index contributed by atoms with van der Waals surface area (Å²) in [4.78, 5) is 23.1. The van der Waals surface area contributed by atoms with Crippen LogP contribution < -0.4 is 10.6 Å².